The second-order valence-corrected chi connectivity index (χ2v) is 8.25. The Hall–Kier alpha value is -2.24. The molecule has 0 N–H and O–H groups in total. The number of piperidine rings is 2. The van der Waals surface area contributed by atoms with Gasteiger partial charge in [0.25, 0.3) is 5.91 Å². The Morgan fingerprint density at radius 3 is 2.33 bits per heavy atom. The maximum absolute atomic E-state index is 13.0. The van der Waals surface area contributed by atoms with Crippen molar-refractivity contribution in [2.24, 2.45) is 5.92 Å². The van der Waals surface area contributed by atoms with E-state index in [4.69, 9.17) is 9.47 Å². The van der Waals surface area contributed by atoms with Crippen LogP contribution in [0.1, 0.15) is 69.2 Å². The first kappa shape index (κ1) is 22.4. The van der Waals surface area contributed by atoms with Gasteiger partial charge in [-0.1, -0.05) is 13.3 Å². The number of carbonyl (C=O) groups is 2. The average Bonchev–Trinajstić information content (AvgIpc) is 2.80. The number of benzene rings is 1. The summed E-state index contributed by atoms with van der Waals surface area (Å²) in [6.45, 7) is 8.25. The zero-order valence-electron chi connectivity index (χ0n) is 18.5. The first-order chi connectivity index (χ1) is 14.6. The number of carbonyl (C=O) groups excluding carboxylic acids is 2. The van der Waals surface area contributed by atoms with Gasteiger partial charge in [0.05, 0.1) is 13.2 Å². The summed E-state index contributed by atoms with van der Waals surface area (Å²) in [6.07, 6.45) is 7.00. The smallest absolute Gasteiger partial charge is 0.253 e. The van der Waals surface area contributed by atoms with Crippen LogP contribution in [0, 0.1) is 5.92 Å². The Labute approximate surface area is 180 Å². The van der Waals surface area contributed by atoms with E-state index in [2.05, 4.69) is 6.92 Å². The molecule has 3 rings (SSSR count). The Balaban J connectivity index is 1.58. The molecule has 0 aliphatic carbocycles. The molecule has 166 valence electrons. The van der Waals surface area contributed by atoms with E-state index >= 15 is 0 Å². The van der Waals surface area contributed by atoms with Crippen LogP contribution in [0.25, 0.3) is 0 Å². The molecule has 0 atom stereocenters. The van der Waals surface area contributed by atoms with Crippen LogP contribution in [-0.2, 0) is 4.79 Å². The highest BCUT2D eigenvalue weighted by molar-refractivity contribution is 5.95. The molecular weight excluding hydrogens is 380 g/mol. The zero-order chi connectivity index (χ0) is 21.3. The number of amides is 2. The van der Waals surface area contributed by atoms with Gasteiger partial charge in [0.1, 0.15) is 0 Å². The van der Waals surface area contributed by atoms with E-state index < -0.39 is 0 Å². The number of ether oxygens (including phenoxy) is 2. The molecule has 2 heterocycles. The second kappa shape index (κ2) is 11.2. The minimum Gasteiger partial charge on any atom is -0.490 e. The van der Waals surface area contributed by atoms with Crippen molar-refractivity contribution in [3.8, 4) is 11.5 Å². The topological polar surface area (TPSA) is 59.1 Å². The third-order valence-corrected chi connectivity index (χ3v) is 6.05. The second-order valence-electron chi connectivity index (χ2n) is 8.25. The molecule has 2 aliphatic heterocycles. The van der Waals surface area contributed by atoms with Crippen LogP contribution in [0.4, 0.5) is 0 Å². The fraction of sp³-hybridized carbons (Fsp3) is 0.667. The molecule has 0 aromatic heterocycles. The highest BCUT2D eigenvalue weighted by Gasteiger charge is 2.31. The summed E-state index contributed by atoms with van der Waals surface area (Å²) in [5.74, 6) is 1.65. The van der Waals surface area contributed by atoms with Gasteiger partial charge >= 0.3 is 0 Å². The molecule has 2 fully saturated rings. The normalized spacial score (nSPS) is 17.7. The molecule has 1 aromatic carbocycles. The van der Waals surface area contributed by atoms with Crippen LogP contribution in [0.2, 0.25) is 0 Å². The summed E-state index contributed by atoms with van der Waals surface area (Å²) in [7, 11) is 0. The average molecular weight is 417 g/mol. The number of likely N-dealkylation sites (tertiary alicyclic amines) is 2. The van der Waals surface area contributed by atoms with Crippen LogP contribution in [0.15, 0.2) is 18.2 Å². The van der Waals surface area contributed by atoms with Crippen LogP contribution < -0.4 is 9.47 Å². The van der Waals surface area contributed by atoms with Crippen LogP contribution in [0.3, 0.4) is 0 Å². The Morgan fingerprint density at radius 2 is 1.67 bits per heavy atom. The molecule has 30 heavy (non-hydrogen) atoms. The van der Waals surface area contributed by atoms with Crippen molar-refractivity contribution in [3.05, 3.63) is 23.8 Å². The Bertz CT molecular complexity index is 707. The fourth-order valence-electron chi connectivity index (χ4n) is 4.24. The third-order valence-electron chi connectivity index (χ3n) is 6.05. The van der Waals surface area contributed by atoms with E-state index in [9.17, 15) is 9.59 Å². The van der Waals surface area contributed by atoms with Gasteiger partial charge in [-0.25, -0.2) is 0 Å². The van der Waals surface area contributed by atoms with E-state index in [1.165, 1.54) is 6.42 Å². The number of unbranched alkanes of at least 4 members (excludes halogenated alkanes) is 1. The number of hydrogen-bond acceptors (Lipinski definition) is 4. The van der Waals surface area contributed by atoms with Gasteiger partial charge < -0.3 is 19.3 Å². The van der Waals surface area contributed by atoms with Gasteiger partial charge in [-0.15, -0.1) is 0 Å². The summed E-state index contributed by atoms with van der Waals surface area (Å²) < 4.78 is 11.5. The lowest BCUT2D eigenvalue weighted by molar-refractivity contribution is -0.137. The lowest BCUT2D eigenvalue weighted by atomic mass is 9.94. The third kappa shape index (κ3) is 5.67. The van der Waals surface area contributed by atoms with E-state index in [-0.39, 0.29) is 17.7 Å². The molecule has 2 aliphatic rings. The van der Waals surface area contributed by atoms with Crippen LogP contribution >= 0.6 is 0 Å². The van der Waals surface area contributed by atoms with Crippen molar-refractivity contribution in [2.45, 2.75) is 58.8 Å². The predicted octanol–water partition coefficient (Wildman–Crippen LogP) is 4.13. The van der Waals surface area contributed by atoms with Crippen molar-refractivity contribution in [1.29, 1.82) is 0 Å². The lowest BCUT2D eigenvalue weighted by Crippen LogP contribution is -2.45. The van der Waals surface area contributed by atoms with E-state index in [1.807, 2.05) is 28.9 Å². The first-order valence-corrected chi connectivity index (χ1v) is 11.6. The number of nitrogens with zero attached hydrogens (tertiary/aromatic N) is 2. The zero-order valence-corrected chi connectivity index (χ0v) is 18.5. The molecule has 2 saturated heterocycles. The molecule has 0 radical (unpaired) electrons. The summed E-state index contributed by atoms with van der Waals surface area (Å²) in [5.41, 5.74) is 0.613. The van der Waals surface area contributed by atoms with Gasteiger partial charge in [-0.05, 0) is 63.6 Å². The molecule has 6 nitrogen and oxygen atoms in total. The SMILES string of the molecule is CCCCOc1ccc(C(=O)N2CCC(C(=O)N3CCCCC3)CC2)cc1OCC. The van der Waals surface area contributed by atoms with Crippen LogP contribution in [0.5, 0.6) is 11.5 Å². The van der Waals surface area contributed by atoms with E-state index in [0.717, 1.165) is 51.6 Å². The van der Waals surface area contributed by atoms with E-state index in [0.29, 0.717) is 43.4 Å². The molecule has 6 heteroatoms. The van der Waals surface area contributed by atoms with Gasteiger partial charge in [0.2, 0.25) is 5.91 Å². The van der Waals surface area contributed by atoms with E-state index in [1.54, 1.807) is 6.07 Å². The summed E-state index contributed by atoms with van der Waals surface area (Å²) in [6, 6.07) is 5.44. The molecule has 2 amide bonds. The molecule has 0 unspecified atom stereocenters. The summed E-state index contributed by atoms with van der Waals surface area (Å²) >= 11 is 0. The van der Waals surface area contributed by atoms with Gasteiger partial charge in [0.15, 0.2) is 11.5 Å². The molecule has 0 saturated carbocycles. The summed E-state index contributed by atoms with van der Waals surface area (Å²) in [5, 5.41) is 0. The largest absolute Gasteiger partial charge is 0.490 e. The molecule has 0 bridgehead atoms. The molecule has 0 spiro atoms. The standard InChI is InChI=1S/C24H36N2O4/c1-3-5-17-30-21-10-9-20(18-22(21)29-4-2)24(28)26-15-11-19(12-16-26)23(27)25-13-7-6-8-14-25/h9-10,18-19H,3-8,11-17H2,1-2H3. The Morgan fingerprint density at radius 1 is 0.933 bits per heavy atom. The quantitative estimate of drug-likeness (QED) is 0.598. The monoisotopic (exact) mass is 416 g/mol. The maximum atomic E-state index is 13.0. The minimum atomic E-state index is -0.0000623. The number of hydrogen-bond donors (Lipinski definition) is 0. The predicted molar refractivity (Wildman–Crippen MR) is 117 cm³/mol. The van der Waals surface area contributed by atoms with Crippen molar-refractivity contribution in [1.82, 2.24) is 9.80 Å². The lowest BCUT2D eigenvalue weighted by Gasteiger charge is -2.35. The van der Waals surface area contributed by atoms with Crippen molar-refractivity contribution < 1.29 is 19.1 Å². The van der Waals surface area contributed by atoms with Gasteiger partial charge in [0, 0.05) is 37.7 Å². The van der Waals surface area contributed by atoms with Gasteiger partial charge in [-0.2, -0.15) is 0 Å². The van der Waals surface area contributed by atoms with Gasteiger partial charge in [-0.3, -0.25) is 9.59 Å². The summed E-state index contributed by atoms with van der Waals surface area (Å²) in [4.78, 5) is 29.7. The van der Waals surface area contributed by atoms with Crippen LogP contribution in [-0.4, -0.2) is 61.0 Å². The highest BCUT2D eigenvalue weighted by atomic mass is 16.5. The van der Waals surface area contributed by atoms with Crippen molar-refractivity contribution in [2.75, 3.05) is 39.4 Å². The fourth-order valence-corrected chi connectivity index (χ4v) is 4.24. The molecule has 1 aromatic rings. The highest BCUT2D eigenvalue weighted by Crippen LogP contribution is 2.30. The minimum absolute atomic E-state index is 0.0000623. The maximum Gasteiger partial charge on any atom is 0.253 e. The van der Waals surface area contributed by atoms with Crippen molar-refractivity contribution >= 4 is 11.8 Å². The first-order valence-electron chi connectivity index (χ1n) is 11.6. The molecular formula is C24H36N2O4. The Kier molecular flexibility index (Phi) is 8.40. The number of rotatable bonds is 8. The van der Waals surface area contributed by atoms with Crippen molar-refractivity contribution in [3.63, 3.8) is 0 Å².